The molecule has 0 spiro atoms. The zero-order valence-electron chi connectivity index (χ0n) is 11.5. The van der Waals surface area contributed by atoms with Gasteiger partial charge in [0.1, 0.15) is 5.75 Å². The van der Waals surface area contributed by atoms with Crippen LogP contribution in [-0.4, -0.2) is 31.8 Å². The monoisotopic (exact) mass is 274 g/mol. The normalized spacial score (nSPS) is 21.2. The molecule has 2 unspecified atom stereocenters. The van der Waals surface area contributed by atoms with Gasteiger partial charge in [-0.15, -0.1) is 0 Å². The molecule has 2 atom stereocenters. The van der Waals surface area contributed by atoms with Gasteiger partial charge in [-0.1, -0.05) is 0 Å². The maximum atomic E-state index is 11.7. The van der Waals surface area contributed by atoms with Crippen molar-refractivity contribution in [3.8, 4) is 11.8 Å². The molecule has 1 aromatic carbocycles. The number of ether oxygens (including phenoxy) is 2. The van der Waals surface area contributed by atoms with Crippen molar-refractivity contribution < 1.29 is 14.3 Å². The first-order valence-corrected chi connectivity index (χ1v) is 6.70. The largest absolute Gasteiger partial charge is 0.484 e. The lowest BCUT2D eigenvalue weighted by atomic mass is 10.0. The number of nitriles is 1. The summed E-state index contributed by atoms with van der Waals surface area (Å²) in [5, 5.41) is 11.5. The second kappa shape index (κ2) is 6.92. The molecule has 1 N–H and O–H groups in total. The third-order valence-corrected chi connectivity index (χ3v) is 3.45. The summed E-state index contributed by atoms with van der Waals surface area (Å²) in [5.41, 5.74) is 0.567. The average Bonchev–Trinajstić information content (AvgIpc) is 2.89. The minimum atomic E-state index is -0.145. The van der Waals surface area contributed by atoms with Crippen molar-refractivity contribution in [3.05, 3.63) is 29.8 Å². The lowest BCUT2D eigenvalue weighted by Gasteiger charge is -2.14. The van der Waals surface area contributed by atoms with E-state index in [-0.39, 0.29) is 18.6 Å². The zero-order chi connectivity index (χ0) is 14.4. The number of nitrogens with one attached hydrogen (secondary N) is 1. The predicted octanol–water partition coefficient (Wildman–Crippen LogP) is 1.48. The summed E-state index contributed by atoms with van der Waals surface area (Å²) < 4.78 is 10.8. The number of benzene rings is 1. The fraction of sp³-hybridized carbons (Fsp3) is 0.467. The van der Waals surface area contributed by atoms with Crippen LogP contribution in [0, 0.1) is 17.2 Å². The minimum Gasteiger partial charge on any atom is -0.484 e. The fourth-order valence-electron chi connectivity index (χ4n) is 2.11. The third-order valence-electron chi connectivity index (χ3n) is 3.45. The minimum absolute atomic E-state index is 0.0200. The van der Waals surface area contributed by atoms with Crippen LogP contribution in [0.5, 0.6) is 5.75 Å². The zero-order valence-corrected chi connectivity index (χ0v) is 11.5. The highest BCUT2D eigenvalue weighted by atomic mass is 16.5. The quantitative estimate of drug-likeness (QED) is 0.882. The van der Waals surface area contributed by atoms with E-state index in [9.17, 15) is 4.79 Å². The Bertz CT molecular complexity index is 493. The van der Waals surface area contributed by atoms with Gasteiger partial charge in [0, 0.05) is 19.1 Å². The van der Waals surface area contributed by atoms with E-state index in [1.165, 1.54) is 0 Å². The van der Waals surface area contributed by atoms with Gasteiger partial charge in [0.25, 0.3) is 5.91 Å². The highest BCUT2D eigenvalue weighted by molar-refractivity contribution is 5.77. The molecule has 1 fully saturated rings. The number of amides is 1. The van der Waals surface area contributed by atoms with Crippen LogP contribution >= 0.6 is 0 Å². The van der Waals surface area contributed by atoms with E-state index in [1.807, 2.05) is 13.0 Å². The van der Waals surface area contributed by atoms with E-state index in [0.717, 1.165) is 13.0 Å². The molecule has 5 nitrogen and oxygen atoms in total. The molecule has 1 aliphatic heterocycles. The molecule has 0 bridgehead atoms. The van der Waals surface area contributed by atoms with E-state index < -0.39 is 0 Å². The van der Waals surface area contributed by atoms with Crippen LogP contribution in [0.3, 0.4) is 0 Å². The molecule has 0 aromatic heterocycles. The smallest absolute Gasteiger partial charge is 0.257 e. The van der Waals surface area contributed by atoms with Crippen LogP contribution in [0.1, 0.15) is 18.9 Å². The van der Waals surface area contributed by atoms with Gasteiger partial charge >= 0.3 is 0 Å². The van der Waals surface area contributed by atoms with E-state index in [4.69, 9.17) is 14.7 Å². The summed E-state index contributed by atoms with van der Waals surface area (Å²) in [7, 11) is 0. The first-order valence-electron chi connectivity index (χ1n) is 6.70. The summed E-state index contributed by atoms with van der Waals surface area (Å²) in [4.78, 5) is 11.7. The molecular formula is C15H18N2O3. The molecular weight excluding hydrogens is 256 g/mol. The number of carbonyl (C=O) groups excluding carboxylic acids is 1. The van der Waals surface area contributed by atoms with E-state index in [0.29, 0.717) is 23.8 Å². The molecule has 1 saturated heterocycles. The maximum Gasteiger partial charge on any atom is 0.257 e. The van der Waals surface area contributed by atoms with Gasteiger partial charge in [0.05, 0.1) is 17.7 Å². The standard InChI is InChI=1S/C15H18N2O3/c1-11-13(6-7-19-11)9-17-15(18)10-20-14-4-2-12(8-16)3-5-14/h2-5,11,13H,6-7,9-10H2,1H3,(H,17,18). The molecule has 1 aliphatic rings. The summed E-state index contributed by atoms with van der Waals surface area (Å²) in [6.07, 6.45) is 1.19. The number of hydrogen-bond donors (Lipinski definition) is 1. The first kappa shape index (κ1) is 14.4. The molecule has 5 heteroatoms. The Kier molecular flexibility index (Phi) is 4.97. The van der Waals surface area contributed by atoms with Crippen LogP contribution in [-0.2, 0) is 9.53 Å². The summed E-state index contributed by atoms with van der Waals surface area (Å²) in [5.74, 6) is 0.819. The van der Waals surface area contributed by atoms with Crippen LogP contribution in [0.15, 0.2) is 24.3 Å². The molecule has 0 radical (unpaired) electrons. The van der Waals surface area contributed by atoms with Gasteiger partial charge < -0.3 is 14.8 Å². The number of carbonyl (C=O) groups is 1. The second-order valence-electron chi connectivity index (χ2n) is 4.85. The lowest BCUT2D eigenvalue weighted by Crippen LogP contribution is -2.35. The van der Waals surface area contributed by atoms with Crippen molar-refractivity contribution in [3.63, 3.8) is 0 Å². The molecule has 106 valence electrons. The van der Waals surface area contributed by atoms with Crippen LogP contribution in [0.25, 0.3) is 0 Å². The Labute approximate surface area is 118 Å². The fourth-order valence-corrected chi connectivity index (χ4v) is 2.11. The van der Waals surface area contributed by atoms with Gasteiger partial charge in [-0.05, 0) is 37.6 Å². The Balaban J connectivity index is 1.70. The molecule has 0 aliphatic carbocycles. The van der Waals surface area contributed by atoms with Gasteiger partial charge in [-0.3, -0.25) is 4.79 Å². The maximum absolute atomic E-state index is 11.7. The van der Waals surface area contributed by atoms with Gasteiger partial charge in [-0.25, -0.2) is 0 Å². The number of rotatable bonds is 5. The van der Waals surface area contributed by atoms with E-state index in [2.05, 4.69) is 5.32 Å². The van der Waals surface area contributed by atoms with Gasteiger partial charge in [-0.2, -0.15) is 5.26 Å². The Hall–Kier alpha value is -2.06. The highest BCUT2D eigenvalue weighted by Crippen LogP contribution is 2.19. The Morgan fingerprint density at radius 1 is 1.50 bits per heavy atom. The van der Waals surface area contributed by atoms with Crippen molar-refractivity contribution in [1.29, 1.82) is 5.26 Å². The molecule has 1 heterocycles. The van der Waals surface area contributed by atoms with Crippen molar-refractivity contribution >= 4 is 5.91 Å². The van der Waals surface area contributed by atoms with Crippen molar-refractivity contribution in [2.24, 2.45) is 5.92 Å². The number of nitrogens with zero attached hydrogens (tertiary/aromatic N) is 1. The van der Waals surface area contributed by atoms with Crippen molar-refractivity contribution in [2.45, 2.75) is 19.4 Å². The molecule has 0 saturated carbocycles. The SMILES string of the molecule is CC1OCCC1CNC(=O)COc1ccc(C#N)cc1. The van der Waals surface area contributed by atoms with E-state index in [1.54, 1.807) is 24.3 Å². The predicted molar refractivity (Wildman–Crippen MR) is 73.2 cm³/mol. The number of hydrogen-bond acceptors (Lipinski definition) is 4. The van der Waals surface area contributed by atoms with Crippen LogP contribution < -0.4 is 10.1 Å². The molecule has 2 rings (SSSR count). The van der Waals surface area contributed by atoms with Crippen molar-refractivity contribution in [2.75, 3.05) is 19.8 Å². The second-order valence-corrected chi connectivity index (χ2v) is 4.85. The van der Waals surface area contributed by atoms with Gasteiger partial charge in [0.15, 0.2) is 6.61 Å². The Morgan fingerprint density at radius 3 is 2.85 bits per heavy atom. The topological polar surface area (TPSA) is 71.3 Å². The average molecular weight is 274 g/mol. The lowest BCUT2D eigenvalue weighted by molar-refractivity contribution is -0.123. The van der Waals surface area contributed by atoms with Gasteiger partial charge in [0.2, 0.25) is 0 Å². The molecule has 1 amide bonds. The highest BCUT2D eigenvalue weighted by Gasteiger charge is 2.24. The van der Waals surface area contributed by atoms with Crippen LogP contribution in [0.2, 0.25) is 0 Å². The third kappa shape index (κ3) is 3.97. The first-order chi connectivity index (χ1) is 9.69. The van der Waals surface area contributed by atoms with E-state index >= 15 is 0 Å². The Morgan fingerprint density at radius 2 is 2.25 bits per heavy atom. The summed E-state index contributed by atoms with van der Waals surface area (Å²) in [6, 6.07) is 8.70. The summed E-state index contributed by atoms with van der Waals surface area (Å²) in [6.45, 7) is 3.39. The summed E-state index contributed by atoms with van der Waals surface area (Å²) >= 11 is 0. The van der Waals surface area contributed by atoms with Crippen LogP contribution in [0.4, 0.5) is 0 Å². The molecule has 1 aromatic rings. The molecule has 20 heavy (non-hydrogen) atoms. The van der Waals surface area contributed by atoms with Crippen molar-refractivity contribution in [1.82, 2.24) is 5.32 Å².